The summed E-state index contributed by atoms with van der Waals surface area (Å²) in [5.41, 5.74) is 3.96. The lowest BCUT2D eigenvalue weighted by molar-refractivity contribution is -0.137. The zero-order valence-electron chi connectivity index (χ0n) is 10.8. The Hall–Kier alpha value is -1.34. The molecule has 3 nitrogen and oxygen atoms in total. The van der Waals surface area contributed by atoms with Crippen LogP contribution >= 0.6 is 12.4 Å². The fraction of sp³-hybridized carbons (Fsp3) is 0.417. The fourth-order valence-electron chi connectivity index (χ4n) is 1.28. The van der Waals surface area contributed by atoms with Gasteiger partial charge in [0, 0.05) is 6.04 Å². The number of rotatable bonds is 3. The van der Waals surface area contributed by atoms with Crippen molar-refractivity contribution in [3.8, 4) is 0 Å². The Kier molecular flexibility index (Phi) is 6.43. The van der Waals surface area contributed by atoms with Crippen LogP contribution in [0, 0.1) is 11.7 Å². The van der Waals surface area contributed by atoms with E-state index in [-0.39, 0.29) is 12.4 Å². The Balaban J connectivity index is 0.00000361. The smallest absolute Gasteiger partial charge is 0.327 e. The number of hydrogen-bond acceptors (Lipinski definition) is 2. The van der Waals surface area contributed by atoms with Crippen LogP contribution in [-0.2, 0) is 11.0 Å². The number of nitrogens with two attached hydrogens (primary N) is 1. The van der Waals surface area contributed by atoms with Gasteiger partial charge in [0.1, 0.15) is 5.82 Å². The van der Waals surface area contributed by atoms with Crippen molar-refractivity contribution < 1.29 is 22.4 Å². The first-order chi connectivity index (χ1) is 8.62. The zero-order chi connectivity index (χ0) is 14.8. The molecule has 3 N–H and O–H groups in total. The van der Waals surface area contributed by atoms with Crippen LogP contribution in [0.5, 0.6) is 0 Å². The fourth-order valence-corrected chi connectivity index (χ4v) is 1.28. The maximum absolute atomic E-state index is 13.4. The number of carbonyl (C=O) groups is 1. The van der Waals surface area contributed by atoms with E-state index < -0.39 is 41.1 Å². The monoisotopic (exact) mass is 314 g/mol. The molecule has 0 radical (unpaired) electrons. The standard InChI is InChI=1S/C12H14F4N2O.ClH/c1-6(7(2)17)11(19)18-10-5-8(12(14,15)16)3-4-9(10)13;/h3-7H,17H2,1-2H3,(H,18,19);1H. The molecule has 0 bridgehead atoms. The number of amides is 1. The van der Waals surface area contributed by atoms with Gasteiger partial charge in [0.05, 0.1) is 17.2 Å². The van der Waals surface area contributed by atoms with Crippen molar-refractivity contribution in [2.45, 2.75) is 26.1 Å². The van der Waals surface area contributed by atoms with Gasteiger partial charge in [0.2, 0.25) is 5.91 Å². The van der Waals surface area contributed by atoms with Crippen molar-refractivity contribution in [1.29, 1.82) is 0 Å². The average Bonchev–Trinajstić information content (AvgIpc) is 2.29. The first kappa shape index (κ1) is 18.7. The molecule has 0 aliphatic heterocycles. The lowest BCUT2D eigenvalue weighted by Gasteiger charge is -2.16. The maximum atomic E-state index is 13.4. The van der Waals surface area contributed by atoms with Gasteiger partial charge in [-0.3, -0.25) is 4.79 Å². The number of hydrogen-bond donors (Lipinski definition) is 2. The molecule has 0 aromatic heterocycles. The summed E-state index contributed by atoms with van der Waals surface area (Å²) in [5, 5.41) is 2.11. The summed E-state index contributed by atoms with van der Waals surface area (Å²) in [6.45, 7) is 3.08. The summed E-state index contributed by atoms with van der Waals surface area (Å²) in [6, 6.07) is 1.34. The van der Waals surface area contributed by atoms with Crippen molar-refractivity contribution >= 4 is 24.0 Å². The van der Waals surface area contributed by atoms with Gasteiger partial charge in [-0.05, 0) is 25.1 Å². The van der Waals surface area contributed by atoms with Crippen LogP contribution in [0.1, 0.15) is 19.4 Å². The maximum Gasteiger partial charge on any atom is 0.416 e. The van der Waals surface area contributed by atoms with Gasteiger partial charge in [-0.25, -0.2) is 4.39 Å². The highest BCUT2D eigenvalue weighted by atomic mass is 35.5. The Labute approximate surface area is 119 Å². The Morgan fingerprint density at radius 3 is 2.30 bits per heavy atom. The molecule has 20 heavy (non-hydrogen) atoms. The van der Waals surface area contributed by atoms with Crippen molar-refractivity contribution in [3.63, 3.8) is 0 Å². The molecular weight excluding hydrogens is 300 g/mol. The molecule has 0 saturated carbocycles. The highest BCUT2D eigenvalue weighted by Crippen LogP contribution is 2.31. The summed E-state index contributed by atoms with van der Waals surface area (Å²) < 4.78 is 50.8. The van der Waals surface area contributed by atoms with Crippen molar-refractivity contribution in [2.24, 2.45) is 11.7 Å². The van der Waals surface area contributed by atoms with Crippen molar-refractivity contribution in [3.05, 3.63) is 29.6 Å². The van der Waals surface area contributed by atoms with Gasteiger partial charge in [0.15, 0.2) is 0 Å². The highest BCUT2D eigenvalue weighted by molar-refractivity contribution is 5.92. The molecular formula is C12H15ClF4N2O. The normalized spacial score (nSPS) is 14.2. The topological polar surface area (TPSA) is 55.1 Å². The molecule has 8 heteroatoms. The third-order valence-electron chi connectivity index (χ3n) is 2.75. The number of nitrogens with one attached hydrogen (secondary N) is 1. The number of halogens is 5. The molecule has 2 unspecified atom stereocenters. The van der Waals surface area contributed by atoms with Crippen LogP contribution in [0.15, 0.2) is 18.2 Å². The Morgan fingerprint density at radius 1 is 1.30 bits per heavy atom. The molecule has 0 heterocycles. The van der Waals surface area contributed by atoms with Crippen LogP contribution < -0.4 is 11.1 Å². The van der Waals surface area contributed by atoms with Gasteiger partial charge in [0.25, 0.3) is 0 Å². The number of alkyl halides is 3. The van der Waals surface area contributed by atoms with E-state index in [0.717, 1.165) is 0 Å². The quantitative estimate of drug-likeness (QED) is 0.842. The highest BCUT2D eigenvalue weighted by Gasteiger charge is 2.31. The molecule has 0 saturated heterocycles. The van der Waals surface area contributed by atoms with Crippen LogP contribution in [0.2, 0.25) is 0 Å². The van der Waals surface area contributed by atoms with E-state index in [2.05, 4.69) is 5.32 Å². The van der Waals surface area contributed by atoms with Crippen LogP contribution in [0.4, 0.5) is 23.2 Å². The van der Waals surface area contributed by atoms with E-state index in [9.17, 15) is 22.4 Å². The van der Waals surface area contributed by atoms with Crippen LogP contribution in [0.25, 0.3) is 0 Å². The first-order valence-electron chi connectivity index (χ1n) is 5.56. The number of carbonyl (C=O) groups excluding carboxylic acids is 1. The minimum atomic E-state index is -4.60. The second-order valence-electron chi connectivity index (χ2n) is 4.33. The molecule has 0 aliphatic rings. The molecule has 1 aromatic rings. The minimum absolute atomic E-state index is 0. The lowest BCUT2D eigenvalue weighted by atomic mass is 10.0. The van der Waals surface area contributed by atoms with E-state index in [0.29, 0.717) is 18.2 Å². The van der Waals surface area contributed by atoms with E-state index in [1.807, 2.05) is 0 Å². The molecule has 1 rings (SSSR count). The van der Waals surface area contributed by atoms with E-state index >= 15 is 0 Å². The van der Waals surface area contributed by atoms with E-state index in [1.54, 1.807) is 6.92 Å². The molecule has 2 atom stereocenters. The summed E-state index contributed by atoms with van der Waals surface area (Å²) in [4.78, 5) is 11.6. The van der Waals surface area contributed by atoms with E-state index in [4.69, 9.17) is 5.73 Å². The molecule has 0 spiro atoms. The minimum Gasteiger partial charge on any atom is -0.327 e. The van der Waals surface area contributed by atoms with Gasteiger partial charge < -0.3 is 11.1 Å². The number of anilines is 1. The molecule has 0 aliphatic carbocycles. The van der Waals surface area contributed by atoms with Crippen molar-refractivity contribution in [2.75, 3.05) is 5.32 Å². The second-order valence-corrected chi connectivity index (χ2v) is 4.33. The molecule has 1 amide bonds. The summed E-state index contributed by atoms with van der Waals surface area (Å²) >= 11 is 0. The Bertz CT molecular complexity index is 477. The van der Waals surface area contributed by atoms with Gasteiger partial charge in [-0.15, -0.1) is 12.4 Å². The number of benzene rings is 1. The molecule has 0 fully saturated rings. The van der Waals surface area contributed by atoms with Crippen LogP contribution in [-0.4, -0.2) is 11.9 Å². The predicted molar refractivity (Wildman–Crippen MR) is 70.1 cm³/mol. The lowest BCUT2D eigenvalue weighted by Crippen LogP contribution is -2.34. The average molecular weight is 315 g/mol. The van der Waals surface area contributed by atoms with Gasteiger partial charge in [-0.2, -0.15) is 13.2 Å². The molecule has 1 aromatic carbocycles. The van der Waals surface area contributed by atoms with Gasteiger partial charge >= 0.3 is 6.18 Å². The Morgan fingerprint density at radius 2 is 1.85 bits per heavy atom. The largest absolute Gasteiger partial charge is 0.416 e. The summed E-state index contributed by atoms with van der Waals surface area (Å²) in [6.07, 6.45) is -4.60. The van der Waals surface area contributed by atoms with Crippen LogP contribution in [0.3, 0.4) is 0 Å². The third-order valence-corrected chi connectivity index (χ3v) is 2.75. The van der Waals surface area contributed by atoms with E-state index in [1.165, 1.54) is 6.92 Å². The second kappa shape index (κ2) is 6.90. The predicted octanol–water partition coefficient (Wildman–Crippen LogP) is 3.19. The van der Waals surface area contributed by atoms with Gasteiger partial charge in [-0.1, -0.05) is 6.92 Å². The summed E-state index contributed by atoms with van der Waals surface area (Å²) in [5.74, 6) is -2.21. The zero-order valence-corrected chi connectivity index (χ0v) is 11.6. The SMILES string of the molecule is CC(N)C(C)C(=O)Nc1cc(C(F)(F)F)ccc1F.Cl. The summed E-state index contributed by atoms with van der Waals surface area (Å²) in [7, 11) is 0. The van der Waals surface area contributed by atoms with Crippen molar-refractivity contribution in [1.82, 2.24) is 0 Å². The third kappa shape index (κ3) is 4.64. The molecule has 114 valence electrons. The first-order valence-corrected chi connectivity index (χ1v) is 5.56.